The summed E-state index contributed by atoms with van der Waals surface area (Å²) in [5, 5.41) is 12.6. The van der Waals surface area contributed by atoms with Gasteiger partial charge in [0.2, 0.25) is 5.91 Å². The molecule has 5 rings (SSSR count). The summed E-state index contributed by atoms with van der Waals surface area (Å²) >= 11 is 1.41. The van der Waals surface area contributed by atoms with Crippen LogP contribution in [0.3, 0.4) is 0 Å². The third-order valence-corrected chi connectivity index (χ3v) is 6.30. The maximum atomic E-state index is 12.8. The van der Waals surface area contributed by atoms with Gasteiger partial charge in [0.25, 0.3) is 0 Å². The Morgan fingerprint density at radius 2 is 1.64 bits per heavy atom. The standard InChI is InChI=1S/C26H24N4O2S/c31-24(27-22-13-7-8-14-23(22)32-21-11-5-2-6-12-21)18-33-26-29-28-25(20-15-16-20)30(26)17-19-9-3-1-4-10-19/h1-14,20H,15-18H2,(H,27,31). The number of para-hydroxylation sites is 3. The summed E-state index contributed by atoms with van der Waals surface area (Å²) in [6.07, 6.45) is 2.30. The minimum atomic E-state index is -0.119. The van der Waals surface area contributed by atoms with Crippen LogP contribution in [0.2, 0.25) is 0 Å². The molecule has 0 saturated heterocycles. The molecule has 1 saturated carbocycles. The minimum absolute atomic E-state index is 0.119. The number of thioether (sulfide) groups is 1. The lowest BCUT2D eigenvalue weighted by molar-refractivity contribution is -0.113. The van der Waals surface area contributed by atoms with Crippen LogP contribution in [0.15, 0.2) is 90.1 Å². The number of hydrogen-bond donors (Lipinski definition) is 1. The molecule has 4 aromatic rings. The molecule has 7 heteroatoms. The Morgan fingerprint density at radius 1 is 0.939 bits per heavy atom. The number of carbonyl (C=O) groups is 1. The van der Waals surface area contributed by atoms with E-state index in [-0.39, 0.29) is 11.7 Å². The van der Waals surface area contributed by atoms with Crippen molar-refractivity contribution in [2.45, 2.75) is 30.5 Å². The van der Waals surface area contributed by atoms with E-state index >= 15 is 0 Å². The molecule has 0 radical (unpaired) electrons. The first kappa shape index (κ1) is 21.3. The largest absolute Gasteiger partial charge is 0.455 e. The topological polar surface area (TPSA) is 69.0 Å². The van der Waals surface area contributed by atoms with Crippen molar-refractivity contribution in [3.8, 4) is 11.5 Å². The number of rotatable bonds is 9. The molecular weight excluding hydrogens is 432 g/mol. The van der Waals surface area contributed by atoms with Gasteiger partial charge in [-0.2, -0.15) is 0 Å². The van der Waals surface area contributed by atoms with Crippen LogP contribution in [0.4, 0.5) is 5.69 Å². The molecule has 33 heavy (non-hydrogen) atoms. The van der Waals surface area contributed by atoms with Gasteiger partial charge in [-0.1, -0.05) is 72.4 Å². The lowest BCUT2D eigenvalue weighted by Gasteiger charge is -2.12. The summed E-state index contributed by atoms with van der Waals surface area (Å²) in [5.41, 5.74) is 1.83. The third kappa shape index (κ3) is 5.43. The van der Waals surface area contributed by atoms with E-state index < -0.39 is 0 Å². The molecule has 3 aromatic carbocycles. The third-order valence-electron chi connectivity index (χ3n) is 5.34. The molecule has 1 aromatic heterocycles. The fourth-order valence-electron chi connectivity index (χ4n) is 3.56. The van der Waals surface area contributed by atoms with Crippen molar-refractivity contribution in [1.82, 2.24) is 14.8 Å². The zero-order valence-corrected chi connectivity index (χ0v) is 18.9. The van der Waals surface area contributed by atoms with Crippen molar-refractivity contribution < 1.29 is 9.53 Å². The highest BCUT2D eigenvalue weighted by Gasteiger charge is 2.30. The zero-order valence-electron chi connectivity index (χ0n) is 18.1. The lowest BCUT2D eigenvalue weighted by Crippen LogP contribution is -2.15. The van der Waals surface area contributed by atoms with E-state index in [4.69, 9.17) is 4.74 Å². The predicted octanol–water partition coefficient (Wildman–Crippen LogP) is 5.73. The van der Waals surface area contributed by atoms with Gasteiger partial charge in [-0.05, 0) is 42.7 Å². The maximum absolute atomic E-state index is 12.8. The normalized spacial score (nSPS) is 13.0. The molecule has 0 atom stereocenters. The van der Waals surface area contributed by atoms with Crippen molar-refractivity contribution in [1.29, 1.82) is 0 Å². The molecule has 1 aliphatic carbocycles. The predicted molar refractivity (Wildman–Crippen MR) is 130 cm³/mol. The minimum Gasteiger partial charge on any atom is -0.455 e. The summed E-state index contributed by atoms with van der Waals surface area (Å²) in [6.45, 7) is 0.706. The number of ether oxygens (including phenoxy) is 1. The Labute approximate surface area is 197 Å². The smallest absolute Gasteiger partial charge is 0.234 e. The van der Waals surface area contributed by atoms with Crippen LogP contribution >= 0.6 is 11.8 Å². The van der Waals surface area contributed by atoms with Crippen LogP contribution < -0.4 is 10.1 Å². The van der Waals surface area contributed by atoms with Crippen LogP contribution in [0, 0.1) is 0 Å². The average molecular weight is 457 g/mol. The number of nitrogens with one attached hydrogen (secondary N) is 1. The van der Waals surface area contributed by atoms with E-state index in [0.29, 0.717) is 23.9 Å². The summed E-state index contributed by atoms with van der Waals surface area (Å²) in [5.74, 6) is 2.93. The molecule has 1 amide bonds. The van der Waals surface area contributed by atoms with Gasteiger partial charge in [0, 0.05) is 5.92 Å². The Balaban J connectivity index is 1.26. The van der Waals surface area contributed by atoms with Crippen LogP contribution in [0.1, 0.15) is 30.1 Å². The van der Waals surface area contributed by atoms with Crippen molar-refractivity contribution in [3.63, 3.8) is 0 Å². The lowest BCUT2D eigenvalue weighted by atomic mass is 10.2. The van der Waals surface area contributed by atoms with E-state index in [2.05, 4.69) is 32.2 Å². The highest BCUT2D eigenvalue weighted by molar-refractivity contribution is 7.99. The first-order valence-electron chi connectivity index (χ1n) is 11.0. The van der Waals surface area contributed by atoms with Crippen molar-refractivity contribution >= 4 is 23.4 Å². The monoisotopic (exact) mass is 456 g/mol. The van der Waals surface area contributed by atoms with Crippen molar-refractivity contribution in [3.05, 3.63) is 96.3 Å². The van der Waals surface area contributed by atoms with Crippen molar-refractivity contribution in [2.24, 2.45) is 0 Å². The number of nitrogens with zero attached hydrogens (tertiary/aromatic N) is 3. The Bertz CT molecular complexity index is 1220. The molecule has 1 heterocycles. The molecule has 1 aliphatic rings. The fourth-order valence-corrected chi connectivity index (χ4v) is 4.30. The Hall–Kier alpha value is -3.58. The highest BCUT2D eigenvalue weighted by Crippen LogP contribution is 2.40. The fraction of sp³-hybridized carbons (Fsp3) is 0.192. The first-order valence-corrected chi connectivity index (χ1v) is 12.0. The van der Waals surface area contributed by atoms with Gasteiger partial charge in [0.1, 0.15) is 11.6 Å². The number of anilines is 1. The average Bonchev–Trinajstić information content (AvgIpc) is 3.62. The number of hydrogen-bond acceptors (Lipinski definition) is 5. The molecular formula is C26H24N4O2S. The molecule has 0 unspecified atom stereocenters. The van der Waals surface area contributed by atoms with E-state index in [0.717, 1.165) is 29.6 Å². The van der Waals surface area contributed by atoms with Crippen LogP contribution in [0.25, 0.3) is 0 Å². The summed E-state index contributed by atoms with van der Waals surface area (Å²) in [7, 11) is 0. The molecule has 1 fully saturated rings. The SMILES string of the molecule is O=C(CSc1nnc(C2CC2)n1Cc1ccccc1)Nc1ccccc1Oc1ccccc1. The van der Waals surface area contributed by atoms with Crippen molar-refractivity contribution in [2.75, 3.05) is 11.1 Å². The van der Waals surface area contributed by atoms with Gasteiger partial charge < -0.3 is 14.6 Å². The summed E-state index contributed by atoms with van der Waals surface area (Å²) in [6, 6.07) is 27.2. The second kappa shape index (κ2) is 9.92. The zero-order chi connectivity index (χ0) is 22.5. The second-order valence-electron chi connectivity index (χ2n) is 7.93. The molecule has 1 N–H and O–H groups in total. The number of carbonyl (C=O) groups excluding carboxylic acids is 1. The number of benzene rings is 3. The Morgan fingerprint density at radius 3 is 2.39 bits per heavy atom. The molecule has 6 nitrogen and oxygen atoms in total. The molecule has 0 aliphatic heterocycles. The van der Waals surface area contributed by atoms with E-state index in [1.165, 1.54) is 17.3 Å². The quantitative estimate of drug-likeness (QED) is 0.326. The van der Waals surface area contributed by atoms with Gasteiger partial charge in [-0.25, -0.2) is 0 Å². The second-order valence-corrected chi connectivity index (χ2v) is 8.88. The van der Waals surface area contributed by atoms with Gasteiger partial charge in [-0.3, -0.25) is 4.79 Å². The Kier molecular flexibility index (Phi) is 6.39. The summed E-state index contributed by atoms with van der Waals surface area (Å²) < 4.78 is 8.10. The van der Waals surface area contributed by atoms with E-state index in [1.54, 1.807) is 0 Å². The summed E-state index contributed by atoms with van der Waals surface area (Å²) in [4.78, 5) is 12.8. The van der Waals surface area contributed by atoms with Crippen LogP contribution in [0.5, 0.6) is 11.5 Å². The molecule has 0 bridgehead atoms. The van der Waals surface area contributed by atoms with Gasteiger partial charge in [0.15, 0.2) is 10.9 Å². The van der Waals surface area contributed by atoms with Gasteiger partial charge in [0.05, 0.1) is 18.0 Å². The van der Waals surface area contributed by atoms with E-state index in [9.17, 15) is 4.79 Å². The highest BCUT2D eigenvalue weighted by atomic mass is 32.2. The molecule has 166 valence electrons. The van der Waals surface area contributed by atoms with Crippen LogP contribution in [-0.2, 0) is 11.3 Å². The van der Waals surface area contributed by atoms with Gasteiger partial charge >= 0.3 is 0 Å². The van der Waals surface area contributed by atoms with Gasteiger partial charge in [-0.15, -0.1) is 10.2 Å². The number of aromatic nitrogens is 3. The maximum Gasteiger partial charge on any atom is 0.234 e. The number of amides is 1. The van der Waals surface area contributed by atoms with E-state index in [1.807, 2.05) is 72.8 Å². The van der Waals surface area contributed by atoms with Crippen LogP contribution in [-0.4, -0.2) is 26.4 Å². The first-order chi connectivity index (χ1) is 16.3. The molecule has 0 spiro atoms.